The number of aromatic nitrogens is 2. The maximum atomic E-state index is 15.2. The minimum Gasteiger partial charge on any atom is -0.444 e. The van der Waals surface area contributed by atoms with Crippen LogP contribution in [0.1, 0.15) is 71.3 Å². The second kappa shape index (κ2) is 11.7. The highest BCUT2D eigenvalue weighted by atomic mass is 19.1. The molecular weight excluding hydrogens is 511 g/mol. The lowest BCUT2D eigenvalue weighted by Gasteiger charge is -2.35. The first-order chi connectivity index (χ1) is 19.1. The normalized spacial score (nSPS) is 25.0. The predicted molar refractivity (Wildman–Crippen MR) is 147 cm³/mol. The molecule has 0 spiro atoms. The lowest BCUT2D eigenvalue weighted by atomic mass is 9.87. The summed E-state index contributed by atoms with van der Waals surface area (Å²) in [5.74, 6) is -1.16. The molecule has 8 nitrogen and oxygen atoms in total. The van der Waals surface area contributed by atoms with Crippen LogP contribution in [0.4, 0.5) is 9.18 Å². The number of nitriles is 1. The molecule has 2 saturated heterocycles. The topological polar surface area (TPSA) is 97.5 Å². The van der Waals surface area contributed by atoms with Gasteiger partial charge in [-0.3, -0.25) is 14.4 Å². The Balaban J connectivity index is 1.22. The van der Waals surface area contributed by atoms with E-state index in [1.807, 2.05) is 16.9 Å². The van der Waals surface area contributed by atoms with Crippen molar-refractivity contribution in [2.45, 2.75) is 102 Å². The summed E-state index contributed by atoms with van der Waals surface area (Å²) in [6.07, 6.45) is 9.21. The van der Waals surface area contributed by atoms with Crippen LogP contribution in [0.25, 0.3) is 11.1 Å². The number of benzene rings is 1. The predicted octanol–water partition coefficient (Wildman–Crippen LogP) is 5.69. The zero-order valence-electron chi connectivity index (χ0n) is 23.6. The molecule has 2 aromatic rings. The van der Waals surface area contributed by atoms with E-state index in [0.717, 1.165) is 50.7 Å². The van der Waals surface area contributed by atoms with Crippen molar-refractivity contribution < 1.29 is 23.5 Å². The van der Waals surface area contributed by atoms with Crippen molar-refractivity contribution in [2.24, 2.45) is 11.8 Å². The van der Waals surface area contributed by atoms with Crippen LogP contribution >= 0.6 is 0 Å². The molecule has 0 radical (unpaired) electrons. The Morgan fingerprint density at radius 3 is 2.75 bits per heavy atom. The van der Waals surface area contributed by atoms with Gasteiger partial charge in [-0.05, 0) is 88.8 Å². The highest BCUT2D eigenvalue weighted by Gasteiger charge is 2.52. The summed E-state index contributed by atoms with van der Waals surface area (Å²) < 4.78 is 28.4. The van der Waals surface area contributed by atoms with Gasteiger partial charge in [0.1, 0.15) is 11.4 Å². The number of fused-ring (bicyclic) bond motifs is 2. The molecule has 3 heterocycles. The summed E-state index contributed by atoms with van der Waals surface area (Å²) in [6.45, 7) is 6.87. The molecule has 1 aromatic carbocycles. The number of carbonyl (C=O) groups is 2. The average molecular weight is 551 g/mol. The average Bonchev–Trinajstić information content (AvgIpc) is 3.65. The number of ether oxygens (including phenoxy) is 2. The first-order valence-corrected chi connectivity index (χ1v) is 14.5. The number of Topliss-reactive ketones (excluding diaryl/α,β-unsaturated/α-hetero) is 1. The molecule has 0 N–H and O–H groups in total. The van der Waals surface area contributed by atoms with Gasteiger partial charge in [-0.2, -0.15) is 10.4 Å². The number of likely N-dealkylation sites (tertiary alicyclic amines) is 1. The van der Waals surface area contributed by atoms with Crippen LogP contribution in [-0.4, -0.2) is 57.0 Å². The third-order valence-electron chi connectivity index (χ3n) is 8.30. The minimum absolute atomic E-state index is 0.00104. The van der Waals surface area contributed by atoms with Gasteiger partial charge in [0, 0.05) is 30.8 Å². The summed E-state index contributed by atoms with van der Waals surface area (Å²) in [5, 5.41) is 14.3. The quantitative estimate of drug-likeness (QED) is 0.419. The van der Waals surface area contributed by atoms with Gasteiger partial charge in [0.2, 0.25) is 0 Å². The van der Waals surface area contributed by atoms with Gasteiger partial charge in [0.25, 0.3) is 0 Å². The van der Waals surface area contributed by atoms with Crippen LogP contribution in [0.15, 0.2) is 30.6 Å². The van der Waals surface area contributed by atoms with Crippen LogP contribution in [0.5, 0.6) is 0 Å². The molecule has 1 aliphatic carbocycles. The van der Waals surface area contributed by atoms with E-state index in [1.165, 1.54) is 6.07 Å². The molecule has 214 valence electrons. The Kier molecular flexibility index (Phi) is 8.27. The summed E-state index contributed by atoms with van der Waals surface area (Å²) in [5.41, 5.74) is 1.25. The highest BCUT2D eigenvalue weighted by Crippen LogP contribution is 2.44. The standard InChI is InChI=1S/C31H39FN4O4/c1-31(2,3)40-30(38)36-25-10-9-23(14-25)29(36)28(37)13-20(16-33)12-22-8-7-21(15-27(22)32)24-17-34-35(18-24)19-26-6-4-5-11-39-26/h7-8,15,17-18,20,23,25-26,29H,4-6,9-14,19H2,1-3H3/t20-,23+,25-,26?,29+/m1/s1. The fourth-order valence-corrected chi connectivity index (χ4v) is 6.44. The van der Waals surface area contributed by atoms with E-state index >= 15 is 4.39 Å². The summed E-state index contributed by atoms with van der Waals surface area (Å²) >= 11 is 0. The number of carbonyl (C=O) groups excluding carboxylic acids is 2. The van der Waals surface area contributed by atoms with Gasteiger partial charge < -0.3 is 9.47 Å². The number of amides is 1. The van der Waals surface area contributed by atoms with E-state index in [2.05, 4.69) is 11.2 Å². The molecule has 1 unspecified atom stereocenters. The maximum Gasteiger partial charge on any atom is 0.411 e. The molecule has 2 bridgehead atoms. The van der Waals surface area contributed by atoms with Crippen molar-refractivity contribution >= 4 is 11.9 Å². The molecule has 3 aliphatic rings. The van der Waals surface area contributed by atoms with Gasteiger partial charge in [0.05, 0.1) is 36.9 Å². The zero-order valence-corrected chi connectivity index (χ0v) is 23.6. The van der Waals surface area contributed by atoms with Crippen LogP contribution in [0, 0.1) is 29.0 Å². The van der Waals surface area contributed by atoms with Gasteiger partial charge in [0.15, 0.2) is 5.78 Å². The molecule has 1 amide bonds. The Morgan fingerprint density at radius 1 is 1.23 bits per heavy atom. The van der Waals surface area contributed by atoms with E-state index in [-0.39, 0.29) is 36.7 Å². The monoisotopic (exact) mass is 550 g/mol. The van der Waals surface area contributed by atoms with Crippen molar-refractivity contribution in [2.75, 3.05) is 6.61 Å². The van der Waals surface area contributed by atoms with Crippen molar-refractivity contribution in [1.82, 2.24) is 14.7 Å². The van der Waals surface area contributed by atoms with Gasteiger partial charge in [-0.25, -0.2) is 9.18 Å². The summed E-state index contributed by atoms with van der Waals surface area (Å²) in [7, 11) is 0. The molecule has 5 rings (SSSR count). The van der Waals surface area contributed by atoms with Gasteiger partial charge in [-0.1, -0.05) is 12.1 Å². The molecule has 5 atom stereocenters. The SMILES string of the molecule is CC(C)(C)OC(=O)N1[C@@H]2CC[C@@H](C2)[C@H]1C(=O)C[C@H](C#N)Cc1ccc(-c2cnn(CC3CCCCO3)c2)cc1F. The molecule has 40 heavy (non-hydrogen) atoms. The van der Waals surface area contributed by atoms with Crippen LogP contribution in [0.2, 0.25) is 0 Å². The number of hydrogen-bond acceptors (Lipinski definition) is 6. The third-order valence-corrected chi connectivity index (χ3v) is 8.30. The molecule has 1 aromatic heterocycles. The van der Waals surface area contributed by atoms with Crippen molar-refractivity contribution in [1.29, 1.82) is 5.26 Å². The van der Waals surface area contributed by atoms with Crippen LogP contribution in [0.3, 0.4) is 0 Å². The van der Waals surface area contributed by atoms with Crippen molar-refractivity contribution in [3.05, 3.63) is 42.0 Å². The zero-order chi connectivity index (χ0) is 28.4. The van der Waals surface area contributed by atoms with Crippen LogP contribution < -0.4 is 0 Å². The second-order valence-corrected chi connectivity index (χ2v) is 12.5. The number of nitrogens with zero attached hydrogens (tertiary/aromatic N) is 4. The van der Waals surface area contributed by atoms with E-state index in [0.29, 0.717) is 17.7 Å². The number of rotatable bonds is 8. The largest absolute Gasteiger partial charge is 0.444 e. The molecule has 2 aliphatic heterocycles. The Labute approximate surface area is 235 Å². The Bertz CT molecular complexity index is 1270. The Hall–Kier alpha value is -3.25. The molecule has 1 saturated carbocycles. The van der Waals surface area contributed by atoms with Crippen LogP contribution in [-0.2, 0) is 27.2 Å². The van der Waals surface area contributed by atoms with E-state index in [1.54, 1.807) is 37.9 Å². The highest BCUT2D eigenvalue weighted by molar-refractivity contribution is 5.89. The number of hydrogen-bond donors (Lipinski definition) is 0. The lowest BCUT2D eigenvalue weighted by Crippen LogP contribution is -2.51. The number of halogens is 1. The lowest BCUT2D eigenvalue weighted by molar-refractivity contribution is -0.126. The minimum atomic E-state index is -0.689. The summed E-state index contributed by atoms with van der Waals surface area (Å²) in [4.78, 5) is 28.0. The fourth-order valence-electron chi connectivity index (χ4n) is 6.44. The fraction of sp³-hybridized carbons (Fsp3) is 0.613. The smallest absolute Gasteiger partial charge is 0.411 e. The number of piperidine rings is 1. The van der Waals surface area contributed by atoms with E-state index in [4.69, 9.17) is 9.47 Å². The second-order valence-electron chi connectivity index (χ2n) is 12.5. The Morgan fingerprint density at radius 2 is 2.05 bits per heavy atom. The van der Waals surface area contributed by atoms with Crippen molar-refractivity contribution in [3.8, 4) is 17.2 Å². The van der Waals surface area contributed by atoms with Gasteiger partial charge in [-0.15, -0.1) is 0 Å². The first kappa shape index (κ1) is 28.3. The first-order valence-electron chi connectivity index (χ1n) is 14.5. The molecule has 3 fully saturated rings. The third kappa shape index (κ3) is 6.38. The van der Waals surface area contributed by atoms with E-state index in [9.17, 15) is 14.9 Å². The molecular formula is C31H39FN4O4. The molecule has 9 heteroatoms. The van der Waals surface area contributed by atoms with Crippen molar-refractivity contribution in [3.63, 3.8) is 0 Å². The summed E-state index contributed by atoms with van der Waals surface area (Å²) in [6, 6.07) is 6.60. The van der Waals surface area contributed by atoms with E-state index < -0.39 is 29.5 Å². The number of ketones is 1. The van der Waals surface area contributed by atoms with Gasteiger partial charge >= 0.3 is 6.09 Å². The maximum absolute atomic E-state index is 15.2.